The van der Waals surface area contributed by atoms with Gasteiger partial charge in [0.2, 0.25) is 0 Å². The first-order valence-electron chi connectivity index (χ1n) is 8.32. The third kappa shape index (κ3) is 5.68. The number of esters is 1. The molecule has 2 aromatic rings. The van der Waals surface area contributed by atoms with Gasteiger partial charge in [-0.2, -0.15) is 0 Å². The lowest BCUT2D eigenvalue weighted by Crippen LogP contribution is -2.34. The van der Waals surface area contributed by atoms with E-state index in [1.165, 1.54) is 12.0 Å². The number of methoxy groups -OCH3 is 1. The molecule has 138 valence electrons. The van der Waals surface area contributed by atoms with Crippen LogP contribution in [0.3, 0.4) is 0 Å². The summed E-state index contributed by atoms with van der Waals surface area (Å²) in [4.78, 5) is 25.5. The Balaban J connectivity index is 1.93. The van der Waals surface area contributed by atoms with Crippen LogP contribution in [0, 0.1) is 0 Å². The Labute approximate surface area is 153 Å². The molecule has 0 aliphatic carbocycles. The van der Waals surface area contributed by atoms with Gasteiger partial charge < -0.3 is 20.1 Å². The molecular weight excluding hydrogens is 332 g/mol. The van der Waals surface area contributed by atoms with Gasteiger partial charge in [-0.15, -0.1) is 0 Å². The Hall–Kier alpha value is -2.70. The van der Waals surface area contributed by atoms with Gasteiger partial charge in [0.15, 0.2) is 0 Å². The number of hydrogen-bond donors (Lipinski definition) is 1. The number of carbonyl (C=O) groups is 2. The van der Waals surface area contributed by atoms with Gasteiger partial charge in [0.05, 0.1) is 0 Å². The Morgan fingerprint density at radius 1 is 1.08 bits per heavy atom. The topological polar surface area (TPSA) is 81.9 Å². The Morgan fingerprint density at radius 2 is 1.77 bits per heavy atom. The summed E-state index contributed by atoms with van der Waals surface area (Å²) in [7, 11) is 3.15. The van der Waals surface area contributed by atoms with E-state index in [4.69, 9.17) is 15.2 Å². The maximum absolute atomic E-state index is 12.1. The van der Waals surface area contributed by atoms with Gasteiger partial charge in [0.25, 0.3) is 5.91 Å². The summed E-state index contributed by atoms with van der Waals surface area (Å²) in [6.07, 6.45) is 0.327. The Bertz CT molecular complexity index is 734. The number of rotatable bonds is 8. The van der Waals surface area contributed by atoms with Gasteiger partial charge in [-0.1, -0.05) is 42.5 Å². The van der Waals surface area contributed by atoms with E-state index in [0.29, 0.717) is 6.42 Å². The fourth-order valence-corrected chi connectivity index (χ4v) is 2.43. The molecule has 0 aliphatic rings. The summed E-state index contributed by atoms with van der Waals surface area (Å²) in [6.45, 7) is 0.202. The van der Waals surface area contributed by atoms with E-state index in [0.717, 1.165) is 16.8 Å². The minimum atomic E-state index is -0.769. The van der Waals surface area contributed by atoms with Crippen LogP contribution in [0.5, 0.6) is 0 Å². The SMILES string of the molecule is COCC(=O)N(C)c1cccc(C[C@H](N)C(=O)OCc2ccccc2)c1. The quantitative estimate of drug-likeness (QED) is 0.731. The summed E-state index contributed by atoms with van der Waals surface area (Å²) < 4.78 is 10.1. The molecule has 2 aromatic carbocycles. The lowest BCUT2D eigenvalue weighted by molar-refractivity contribution is -0.146. The van der Waals surface area contributed by atoms with Crippen molar-refractivity contribution < 1.29 is 19.1 Å². The van der Waals surface area contributed by atoms with E-state index in [1.54, 1.807) is 7.05 Å². The highest BCUT2D eigenvalue weighted by molar-refractivity contribution is 5.93. The molecule has 0 spiro atoms. The van der Waals surface area contributed by atoms with Crippen molar-refractivity contribution in [2.24, 2.45) is 5.73 Å². The molecule has 2 rings (SSSR count). The highest BCUT2D eigenvalue weighted by atomic mass is 16.5. The molecule has 0 aliphatic heterocycles. The fourth-order valence-electron chi connectivity index (χ4n) is 2.43. The first-order valence-corrected chi connectivity index (χ1v) is 8.32. The van der Waals surface area contributed by atoms with Crippen molar-refractivity contribution in [3.63, 3.8) is 0 Å². The van der Waals surface area contributed by atoms with Crippen LogP contribution in [0.25, 0.3) is 0 Å². The van der Waals surface area contributed by atoms with E-state index in [-0.39, 0.29) is 19.1 Å². The smallest absolute Gasteiger partial charge is 0.323 e. The zero-order chi connectivity index (χ0) is 18.9. The molecule has 0 fully saturated rings. The third-order valence-electron chi connectivity index (χ3n) is 3.92. The number of carbonyl (C=O) groups excluding carboxylic acids is 2. The number of hydrogen-bond acceptors (Lipinski definition) is 5. The summed E-state index contributed by atoms with van der Waals surface area (Å²) in [5, 5.41) is 0. The molecule has 6 nitrogen and oxygen atoms in total. The van der Waals surface area contributed by atoms with Crippen LogP contribution < -0.4 is 10.6 Å². The number of amides is 1. The van der Waals surface area contributed by atoms with Gasteiger partial charge >= 0.3 is 5.97 Å². The first kappa shape index (κ1) is 19.6. The minimum Gasteiger partial charge on any atom is -0.460 e. The predicted octanol–water partition coefficient (Wildman–Crippen LogP) is 1.91. The second kappa shape index (κ2) is 9.70. The molecule has 0 unspecified atom stereocenters. The average Bonchev–Trinajstić information content (AvgIpc) is 2.66. The van der Waals surface area contributed by atoms with Crippen LogP contribution >= 0.6 is 0 Å². The van der Waals surface area contributed by atoms with Crippen LogP contribution in [0.1, 0.15) is 11.1 Å². The van der Waals surface area contributed by atoms with Crippen molar-refractivity contribution in [3.05, 3.63) is 65.7 Å². The van der Waals surface area contributed by atoms with Crippen LogP contribution in [0.2, 0.25) is 0 Å². The van der Waals surface area contributed by atoms with E-state index >= 15 is 0 Å². The molecule has 6 heteroatoms. The van der Waals surface area contributed by atoms with Crippen molar-refractivity contribution in [1.29, 1.82) is 0 Å². The van der Waals surface area contributed by atoms with Crippen molar-refractivity contribution in [3.8, 4) is 0 Å². The maximum Gasteiger partial charge on any atom is 0.323 e. The lowest BCUT2D eigenvalue weighted by atomic mass is 10.1. The van der Waals surface area contributed by atoms with Gasteiger partial charge in [-0.25, -0.2) is 0 Å². The molecule has 2 N–H and O–H groups in total. The van der Waals surface area contributed by atoms with Crippen LogP contribution in [0.4, 0.5) is 5.69 Å². The highest BCUT2D eigenvalue weighted by Crippen LogP contribution is 2.16. The molecule has 0 bridgehead atoms. The fraction of sp³-hybridized carbons (Fsp3) is 0.300. The second-order valence-corrected chi connectivity index (χ2v) is 5.96. The Kier molecular flexibility index (Phi) is 7.32. The molecule has 0 heterocycles. The van der Waals surface area contributed by atoms with E-state index in [1.807, 2.05) is 54.6 Å². The predicted molar refractivity (Wildman–Crippen MR) is 99.6 cm³/mol. The molecule has 0 radical (unpaired) electrons. The lowest BCUT2D eigenvalue weighted by Gasteiger charge is -2.18. The van der Waals surface area contributed by atoms with Crippen LogP contribution in [-0.2, 0) is 32.1 Å². The highest BCUT2D eigenvalue weighted by Gasteiger charge is 2.17. The van der Waals surface area contributed by atoms with Gasteiger partial charge in [0, 0.05) is 19.8 Å². The number of likely N-dealkylation sites (N-methyl/N-ethyl adjacent to an activating group) is 1. The zero-order valence-electron chi connectivity index (χ0n) is 15.1. The van der Waals surface area contributed by atoms with E-state index in [2.05, 4.69) is 0 Å². The molecule has 0 aromatic heterocycles. The number of benzene rings is 2. The molecule has 1 amide bonds. The zero-order valence-corrected chi connectivity index (χ0v) is 15.1. The van der Waals surface area contributed by atoms with Crippen molar-refractivity contribution in [2.75, 3.05) is 25.7 Å². The normalized spacial score (nSPS) is 11.7. The van der Waals surface area contributed by atoms with Crippen molar-refractivity contribution in [1.82, 2.24) is 0 Å². The summed E-state index contributed by atoms with van der Waals surface area (Å²) in [6, 6.07) is 16.0. The van der Waals surface area contributed by atoms with Crippen molar-refractivity contribution >= 4 is 17.6 Å². The molecule has 0 saturated heterocycles. The van der Waals surface area contributed by atoms with E-state index < -0.39 is 12.0 Å². The van der Waals surface area contributed by atoms with E-state index in [9.17, 15) is 9.59 Å². The summed E-state index contributed by atoms with van der Waals surface area (Å²) >= 11 is 0. The van der Waals surface area contributed by atoms with Crippen molar-refractivity contribution in [2.45, 2.75) is 19.1 Å². The largest absolute Gasteiger partial charge is 0.460 e. The number of anilines is 1. The summed E-state index contributed by atoms with van der Waals surface area (Å²) in [5.41, 5.74) is 8.45. The third-order valence-corrected chi connectivity index (χ3v) is 3.92. The summed E-state index contributed by atoms with van der Waals surface area (Å²) in [5.74, 6) is -0.612. The van der Waals surface area contributed by atoms with Gasteiger partial charge in [0.1, 0.15) is 19.3 Å². The Morgan fingerprint density at radius 3 is 2.46 bits per heavy atom. The standard InChI is InChI=1S/C20H24N2O4/c1-22(19(23)14-25-2)17-10-6-9-16(11-17)12-18(21)20(24)26-13-15-7-4-3-5-8-15/h3-11,18H,12-14,21H2,1-2H3/t18-/m0/s1. The van der Waals surface area contributed by atoms with Gasteiger partial charge in [-0.3, -0.25) is 9.59 Å². The minimum absolute atomic E-state index is 0.00601. The number of nitrogens with zero attached hydrogens (tertiary/aromatic N) is 1. The maximum atomic E-state index is 12.1. The average molecular weight is 356 g/mol. The molecule has 0 saturated carbocycles. The van der Waals surface area contributed by atoms with Gasteiger partial charge in [-0.05, 0) is 29.7 Å². The first-order chi connectivity index (χ1) is 12.5. The van der Waals surface area contributed by atoms with Crippen LogP contribution in [-0.4, -0.2) is 38.7 Å². The van der Waals surface area contributed by atoms with Crippen LogP contribution in [0.15, 0.2) is 54.6 Å². The molecule has 1 atom stereocenters. The molecular formula is C20H24N2O4. The monoisotopic (exact) mass is 356 g/mol. The number of nitrogens with two attached hydrogens (primary N) is 1. The molecule has 26 heavy (non-hydrogen) atoms. The number of ether oxygens (including phenoxy) is 2. The second-order valence-electron chi connectivity index (χ2n) is 5.96.